The minimum atomic E-state index is -0.957. The molecule has 3 aliphatic heterocycles. The summed E-state index contributed by atoms with van der Waals surface area (Å²) in [6.45, 7) is 13.7. The molecule has 7 amide bonds. The lowest BCUT2D eigenvalue weighted by molar-refractivity contribution is -0.154. The molecule has 20 nitrogen and oxygen atoms in total. The number of alkyl carbamates (subject to hydrolysis) is 1. The first-order valence-electron chi connectivity index (χ1n) is 24.9. The van der Waals surface area contributed by atoms with Crippen molar-refractivity contribution in [3.8, 4) is 0 Å². The van der Waals surface area contributed by atoms with Crippen LogP contribution in [0.1, 0.15) is 79.6 Å². The van der Waals surface area contributed by atoms with Gasteiger partial charge in [-0.2, -0.15) is 11.8 Å². The number of halogens is 1. The zero-order chi connectivity index (χ0) is 55.0. The molecule has 0 radical (unpaired) electrons. The molecule has 0 saturated carbocycles. The standard InChI is InChI=1S/C54H62FN9O11S/c1-8-35-37(33(23-65)25-74-53(35)72)19-42-51-38(22-61(42)7)49-40(16-15-36-31(6)39(55)20-41(58-51)48(36)49)59-54(73)75-24-32-11-13-34(14-12-32)57-43(66)21-56-52(71)50(30(4)5)60-44(67)26-76-18-17-47(70)64-28-62(45(68)9-2)27-63(29-64)46(69)10-3/h9-14,19-20,23,30,35,40,50H,2-3,8,15-18,21-22,24-29H2,1,4-7H3,(H,56,71)(H,57,66)(H,59,73)(H,60,67)/b42-19-/t35-,40+,50?/m1/s1. The summed E-state index contributed by atoms with van der Waals surface area (Å²) >= 11 is 1.17. The van der Waals surface area contributed by atoms with Gasteiger partial charge in [-0.1, -0.05) is 46.1 Å². The van der Waals surface area contributed by atoms with Gasteiger partial charge in [0.1, 0.15) is 31.4 Å². The Labute approximate surface area is 443 Å². The van der Waals surface area contributed by atoms with Gasteiger partial charge in [-0.15, -0.1) is 0 Å². The van der Waals surface area contributed by atoms with Gasteiger partial charge < -0.3 is 50.3 Å². The number of allylic oxidation sites excluding steroid dienone is 1. The molecule has 7 rings (SSSR count). The topological polar surface area (TPSA) is 246 Å². The zero-order valence-electron chi connectivity index (χ0n) is 43.1. The van der Waals surface area contributed by atoms with Gasteiger partial charge in [0.2, 0.25) is 35.4 Å². The Hall–Kier alpha value is -7.88. The number of aromatic nitrogens is 1. The van der Waals surface area contributed by atoms with Crippen LogP contribution >= 0.6 is 11.8 Å². The lowest BCUT2D eigenvalue weighted by atomic mass is 9.82. The summed E-state index contributed by atoms with van der Waals surface area (Å²) < 4.78 is 26.4. The first-order valence-corrected chi connectivity index (χ1v) is 26.0. The number of carbonyl (C=O) groups is 9. The average Bonchev–Trinajstić information content (AvgIpc) is 3.74. The lowest BCUT2D eigenvalue weighted by Crippen LogP contribution is -2.59. The highest BCUT2D eigenvalue weighted by Gasteiger charge is 2.37. The Morgan fingerprint density at radius 3 is 2.32 bits per heavy atom. The van der Waals surface area contributed by atoms with Crippen molar-refractivity contribution < 1.29 is 57.0 Å². The second-order valence-electron chi connectivity index (χ2n) is 19.1. The molecule has 76 heavy (non-hydrogen) atoms. The van der Waals surface area contributed by atoms with Gasteiger partial charge >= 0.3 is 12.1 Å². The molecule has 22 heteroatoms. The van der Waals surface area contributed by atoms with Gasteiger partial charge in [-0.3, -0.25) is 38.4 Å². The molecule has 3 atom stereocenters. The number of esters is 1. The van der Waals surface area contributed by atoms with Crippen LogP contribution in [0.2, 0.25) is 0 Å². The molecule has 402 valence electrons. The highest BCUT2D eigenvalue weighted by molar-refractivity contribution is 7.99. The number of nitrogens with one attached hydrogen (secondary N) is 4. The summed E-state index contributed by atoms with van der Waals surface area (Å²) in [4.78, 5) is 126. The summed E-state index contributed by atoms with van der Waals surface area (Å²) in [5.41, 5.74) is 6.56. The number of fused-ring (bicyclic) bond motifs is 2. The minimum absolute atomic E-state index is 0.0132. The van der Waals surface area contributed by atoms with Crippen molar-refractivity contribution in [3.05, 3.63) is 112 Å². The van der Waals surface area contributed by atoms with Gasteiger partial charge in [0.25, 0.3) is 0 Å². The number of hydrogen-bond donors (Lipinski definition) is 4. The van der Waals surface area contributed by atoms with Crippen LogP contribution in [-0.4, -0.2) is 136 Å². The smallest absolute Gasteiger partial charge is 0.407 e. The number of aldehydes is 1. The van der Waals surface area contributed by atoms with E-state index in [2.05, 4.69) is 34.4 Å². The Balaban J connectivity index is 0.894. The van der Waals surface area contributed by atoms with Gasteiger partial charge in [0.15, 0.2) is 0 Å². The molecule has 3 aromatic rings. The molecule has 4 N–H and O–H groups in total. The maximum absolute atomic E-state index is 15.4. The number of hydrogen-bond acceptors (Lipinski definition) is 14. The summed E-state index contributed by atoms with van der Waals surface area (Å²) in [5.74, 6) is -4.35. The normalized spacial score (nSPS) is 17.9. The Morgan fingerprint density at radius 2 is 1.67 bits per heavy atom. The van der Waals surface area contributed by atoms with Crippen molar-refractivity contribution in [2.45, 2.75) is 78.6 Å². The zero-order valence-corrected chi connectivity index (χ0v) is 43.9. The van der Waals surface area contributed by atoms with Crippen molar-refractivity contribution in [2.75, 3.05) is 57.0 Å². The second kappa shape index (κ2) is 24.6. The van der Waals surface area contributed by atoms with E-state index in [1.165, 1.54) is 32.5 Å². The number of anilines is 1. The van der Waals surface area contributed by atoms with Crippen LogP contribution in [0.3, 0.4) is 0 Å². The van der Waals surface area contributed by atoms with Crippen LogP contribution in [0, 0.1) is 24.6 Å². The second-order valence-corrected chi connectivity index (χ2v) is 20.3. The highest BCUT2D eigenvalue weighted by atomic mass is 32.2. The van der Waals surface area contributed by atoms with E-state index in [9.17, 15) is 43.2 Å². The number of thioether (sulfide) groups is 1. The predicted molar refractivity (Wildman–Crippen MR) is 280 cm³/mol. The van der Waals surface area contributed by atoms with E-state index in [0.717, 1.165) is 34.2 Å². The van der Waals surface area contributed by atoms with Crippen LogP contribution < -0.4 is 21.3 Å². The fraction of sp³-hybridized carbons (Fsp3) is 0.407. The molecule has 1 aromatic heterocycles. The van der Waals surface area contributed by atoms with Crippen molar-refractivity contribution >= 4 is 87.8 Å². The van der Waals surface area contributed by atoms with E-state index < -0.39 is 72.0 Å². The number of cyclic esters (lactones) is 1. The quantitative estimate of drug-likeness (QED) is 0.0558. The maximum atomic E-state index is 15.4. The van der Waals surface area contributed by atoms with Crippen LogP contribution in [0.15, 0.2) is 72.9 Å². The Morgan fingerprint density at radius 1 is 0.987 bits per heavy atom. The molecule has 1 aliphatic carbocycles. The van der Waals surface area contributed by atoms with Gasteiger partial charge in [0, 0.05) is 54.0 Å². The van der Waals surface area contributed by atoms with Crippen LogP contribution in [0.4, 0.5) is 14.9 Å². The fourth-order valence-electron chi connectivity index (χ4n) is 9.66. The average molecular weight is 1060 g/mol. The van der Waals surface area contributed by atoms with E-state index in [1.54, 1.807) is 51.1 Å². The minimum Gasteiger partial charge on any atom is -0.460 e. The van der Waals surface area contributed by atoms with Gasteiger partial charge in [-0.05, 0) is 90.3 Å². The third-order valence-corrected chi connectivity index (χ3v) is 14.7. The summed E-state index contributed by atoms with van der Waals surface area (Å²) in [5, 5.41) is 11.8. The van der Waals surface area contributed by atoms with Crippen molar-refractivity contribution in [1.82, 2.24) is 40.5 Å². The maximum Gasteiger partial charge on any atom is 0.407 e. The number of ether oxygens (including phenoxy) is 2. The molecule has 1 fully saturated rings. The summed E-state index contributed by atoms with van der Waals surface area (Å²) in [6.07, 6.45) is 5.40. The number of amides is 7. The van der Waals surface area contributed by atoms with Crippen LogP contribution in [-0.2, 0) is 67.4 Å². The monoisotopic (exact) mass is 1060 g/mol. The van der Waals surface area contributed by atoms with Crippen molar-refractivity contribution in [1.29, 1.82) is 0 Å². The molecule has 0 bridgehead atoms. The van der Waals surface area contributed by atoms with Crippen molar-refractivity contribution in [2.24, 2.45) is 11.8 Å². The van der Waals surface area contributed by atoms with Crippen LogP contribution in [0.5, 0.6) is 0 Å². The molecular weight excluding hydrogens is 1000 g/mol. The van der Waals surface area contributed by atoms with Crippen molar-refractivity contribution in [3.63, 3.8) is 0 Å². The molecule has 1 saturated heterocycles. The summed E-state index contributed by atoms with van der Waals surface area (Å²) in [6, 6.07) is 6.50. The summed E-state index contributed by atoms with van der Waals surface area (Å²) in [7, 11) is 1.87. The number of aryl methyl sites for hydroxylation is 1. The predicted octanol–water partition coefficient (Wildman–Crippen LogP) is 4.52. The van der Waals surface area contributed by atoms with E-state index in [0.29, 0.717) is 77.0 Å². The molecule has 1 unspecified atom stereocenters. The van der Waals surface area contributed by atoms with E-state index >= 15 is 4.39 Å². The van der Waals surface area contributed by atoms with E-state index in [1.807, 2.05) is 18.9 Å². The SMILES string of the molecule is C=CC(=O)N1CN(C(=O)C=C)CN(C(=O)CCSCC(=O)NC(C(=O)NCC(=O)Nc2ccc(COC(=O)N[C@H]3CCc4c(C)c(F)cc5nc6c(c3c45)CN(C)/C6=C\C3=C(C=O)COC(=O)[C@@H]3CC)cc2)C(C)C)C1. The molecule has 0 spiro atoms. The van der Waals surface area contributed by atoms with E-state index in [-0.39, 0.29) is 63.0 Å². The Kier molecular flexibility index (Phi) is 18.1. The number of rotatable bonds is 19. The third kappa shape index (κ3) is 12.6. The Bertz CT molecular complexity index is 2910. The number of benzene rings is 2. The van der Waals surface area contributed by atoms with Crippen LogP contribution in [0.25, 0.3) is 16.6 Å². The fourth-order valence-corrected chi connectivity index (χ4v) is 10.4. The molecular formula is C54H62FN9O11S. The largest absolute Gasteiger partial charge is 0.460 e. The number of pyridine rings is 1. The molecule has 4 heterocycles. The van der Waals surface area contributed by atoms with Gasteiger partial charge in [-0.25, -0.2) is 14.2 Å². The first kappa shape index (κ1) is 55.9. The number of nitrogens with zero attached hydrogens (tertiary/aromatic N) is 5. The lowest BCUT2D eigenvalue weighted by Gasteiger charge is -2.41. The van der Waals surface area contributed by atoms with Gasteiger partial charge in [0.05, 0.1) is 61.2 Å². The number of carbonyl (C=O) groups excluding carboxylic acids is 9. The third-order valence-electron chi connectivity index (χ3n) is 13.7. The first-order chi connectivity index (χ1) is 36.3. The molecule has 2 aromatic carbocycles. The van der Waals surface area contributed by atoms with E-state index in [4.69, 9.17) is 14.5 Å². The molecule has 4 aliphatic rings. The highest BCUT2D eigenvalue weighted by Crippen LogP contribution is 2.45.